The summed E-state index contributed by atoms with van der Waals surface area (Å²) in [5, 5.41) is 38.4. The van der Waals surface area contributed by atoms with E-state index in [1.807, 2.05) is 0 Å². The summed E-state index contributed by atoms with van der Waals surface area (Å²) in [5.41, 5.74) is 0.676. The Kier molecular flexibility index (Phi) is 3.27. The van der Waals surface area contributed by atoms with Gasteiger partial charge in [-0.15, -0.1) is 0 Å². The van der Waals surface area contributed by atoms with Crippen molar-refractivity contribution in [2.24, 2.45) is 0 Å². The third-order valence-corrected chi connectivity index (χ3v) is 4.35. The first kappa shape index (κ1) is 15.8. The molecule has 26 heavy (non-hydrogen) atoms. The first-order valence-corrected chi connectivity index (χ1v) is 7.63. The molecule has 0 bridgehead atoms. The maximum Gasteiger partial charge on any atom is 0.200 e. The lowest BCUT2D eigenvalue weighted by Crippen LogP contribution is -2.17. The molecule has 3 aromatic rings. The largest absolute Gasteiger partial charge is 0.504 e. The van der Waals surface area contributed by atoms with Gasteiger partial charge in [-0.25, -0.2) is 0 Å². The number of hydrogen-bond acceptors (Lipinski definition) is 7. The van der Waals surface area contributed by atoms with Crippen LogP contribution in [0.15, 0.2) is 39.7 Å². The summed E-state index contributed by atoms with van der Waals surface area (Å²) in [6, 6.07) is 4.80. The van der Waals surface area contributed by atoms with Gasteiger partial charge in [-0.2, -0.15) is 0 Å². The Balaban J connectivity index is 1.94. The number of rotatable bonds is 1. The minimum Gasteiger partial charge on any atom is -0.504 e. The summed E-state index contributed by atoms with van der Waals surface area (Å²) in [7, 11) is 0. The van der Waals surface area contributed by atoms with E-state index in [1.165, 1.54) is 18.2 Å². The molecule has 0 amide bonds. The SMILES string of the molecule is O=C1Cc2cc(O)c(O)cc2C=C1c1coc2cc(O)c(O)cc2c1=O. The topological polar surface area (TPSA) is 128 Å². The van der Waals surface area contributed by atoms with Crippen LogP contribution in [0.2, 0.25) is 0 Å². The maximum atomic E-state index is 12.7. The molecular formula is C19H12O7. The normalized spacial score (nSPS) is 13.5. The second kappa shape index (κ2) is 5.38. The lowest BCUT2D eigenvalue weighted by atomic mass is 9.87. The van der Waals surface area contributed by atoms with Crippen molar-refractivity contribution in [3.8, 4) is 23.0 Å². The highest BCUT2D eigenvalue weighted by molar-refractivity contribution is 6.27. The van der Waals surface area contributed by atoms with E-state index in [4.69, 9.17) is 4.42 Å². The molecule has 0 atom stereocenters. The second-order valence-corrected chi connectivity index (χ2v) is 6.01. The van der Waals surface area contributed by atoms with E-state index in [0.717, 1.165) is 18.4 Å². The van der Waals surface area contributed by atoms with Gasteiger partial charge in [0.15, 0.2) is 28.8 Å². The highest BCUT2D eigenvalue weighted by atomic mass is 16.3. The molecule has 7 nitrogen and oxygen atoms in total. The van der Waals surface area contributed by atoms with Crippen LogP contribution in [0.3, 0.4) is 0 Å². The lowest BCUT2D eigenvalue weighted by Gasteiger charge is -2.16. The zero-order valence-corrected chi connectivity index (χ0v) is 13.2. The molecule has 2 aromatic carbocycles. The Morgan fingerprint density at radius 2 is 1.50 bits per heavy atom. The van der Waals surface area contributed by atoms with E-state index in [0.29, 0.717) is 11.1 Å². The molecule has 0 saturated carbocycles. The highest BCUT2D eigenvalue weighted by Gasteiger charge is 2.24. The quantitative estimate of drug-likeness (QED) is 0.495. The van der Waals surface area contributed by atoms with Crippen LogP contribution in [0.1, 0.15) is 16.7 Å². The van der Waals surface area contributed by atoms with Crippen LogP contribution in [-0.2, 0) is 11.2 Å². The van der Waals surface area contributed by atoms with Crippen LogP contribution < -0.4 is 5.43 Å². The summed E-state index contributed by atoms with van der Waals surface area (Å²) in [6.45, 7) is 0. The number of phenolic OH excluding ortho intramolecular Hbond substituents is 4. The van der Waals surface area contributed by atoms with Crippen molar-refractivity contribution in [3.63, 3.8) is 0 Å². The van der Waals surface area contributed by atoms with Crippen molar-refractivity contribution in [3.05, 3.63) is 57.4 Å². The van der Waals surface area contributed by atoms with E-state index in [2.05, 4.69) is 0 Å². The van der Waals surface area contributed by atoms with Gasteiger partial charge in [-0.3, -0.25) is 9.59 Å². The molecule has 0 radical (unpaired) electrons. The number of carbonyl (C=O) groups is 1. The third kappa shape index (κ3) is 2.29. The maximum absolute atomic E-state index is 12.7. The van der Waals surface area contributed by atoms with Crippen molar-refractivity contribution in [1.82, 2.24) is 0 Å². The first-order valence-electron chi connectivity index (χ1n) is 7.63. The number of Topliss-reactive ketones (excluding diaryl/α,β-unsaturated/α-hetero) is 1. The Labute approximate surface area is 145 Å². The molecule has 1 aliphatic rings. The van der Waals surface area contributed by atoms with Crippen LogP contribution in [0.5, 0.6) is 23.0 Å². The molecule has 130 valence electrons. The number of ketones is 1. The smallest absolute Gasteiger partial charge is 0.200 e. The predicted molar refractivity (Wildman–Crippen MR) is 92.2 cm³/mol. The number of phenols is 4. The molecule has 7 heteroatoms. The van der Waals surface area contributed by atoms with Gasteiger partial charge in [0.2, 0.25) is 5.43 Å². The molecule has 1 aliphatic carbocycles. The summed E-state index contributed by atoms with van der Waals surface area (Å²) >= 11 is 0. The molecule has 0 aliphatic heterocycles. The predicted octanol–water partition coefficient (Wildman–Crippen LogP) is 2.28. The third-order valence-electron chi connectivity index (χ3n) is 4.35. The second-order valence-electron chi connectivity index (χ2n) is 6.01. The fourth-order valence-corrected chi connectivity index (χ4v) is 3.00. The van der Waals surface area contributed by atoms with Crippen LogP contribution >= 0.6 is 0 Å². The Morgan fingerprint density at radius 1 is 0.846 bits per heavy atom. The minimum atomic E-state index is -0.535. The molecular weight excluding hydrogens is 340 g/mol. The van der Waals surface area contributed by atoms with Crippen LogP contribution in [0, 0.1) is 0 Å². The van der Waals surface area contributed by atoms with E-state index in [-0.39, 0.29) is 45.8 Å². The molecule has 0 unspecified atom stereocenters. The molecule has 4 rings (SSSR count). The van der Waals surface area contributed by atoms with Crippen LogP contribution in [0.4, 0.5) is 0 Å². The Morgan fingerprint density at radius 3 is 2.27 bits per heavy atom. The number of aromatic hydroxyl groups is 4. The molecule has 1 aromatic heterocycles. The number of fused-ring (bicyclic) bond motifs is 2. The van der Waals surface area contributed by atoms with Gasteiger partial charge >= 0.3 is 0 Å². The van der Waals surface area contributed by atoms with Crippen LogP contribution in [-0.4, -0.2) is 26.2 Å². The monoisotopic (exact) mass is 352 g/mol. The summed E-state index contributed by atoms with van der Waals surface area (Å²) in [6.07, 6.45) is 2.52. The molecule has 4 N–H and O–H groups in total. The number of hydrogen-bond donors (Lipinski definition) is 4. The Bertz CT molecular complexity index is 1180. The van der Waals surface area contributed by atoms with Crippen molar-refractivity contribution in [1.29, 1.82) is 0 Å². The van der Waals surface area contributed by atoms with Gasteiger partial charge < -0.3 is 24.8 Å². The number of benzene rings is 2. The Hall–Kier alpha value is -3.74. The molecule has 1 heterocycles. The van der Waals surface area contributed by atoms with Crippen molar-refractivity contribution in [2.75, 3.05) is 0 Å². The van der Waals surface area contributed by atoms with Gasteiger partial charge in [0, 0.05) is 18.1 Å². The fourth-order valence-electron chi connectivity index (χ4n) is 3.00. The highest BCUT2D eigenvalue weighted by Crippen LogP contribution is 2.35. The number of carbonyl (C=O) groups excluding carboxylic acids is 1. The van der Waals surface area contributed by atoms with Gasteiger partial charge in [0.1, 0.15) is 11.8 Å². The van der Waals surface area contributed by atoms with Gasteiger partial charge in [-0.05, 0) is 35.4 Å². The van der Waals surface area contributed by atoms with Gasteiger partial charge in [0.05, 0.1) is 10.9 Å². The van der Waals surface area contributed by atoms with Crippen molar-refractivity contribution in [2.45, 2.75) is 6.42 Å². The van der Waals surface area contributed by atoms with E-state index in [9.17, 15) is 30.0 Å². The van der Waals surface area contributed by atoms with E-state index >= 15 is 0 Å². The van der Waals surface area contributed by atoms with Crippen LogP contribution in [0.25, 0.3) is 22.6 Å². The zero-order chi connectivity index (χ0) is 18.6. The van der Waals surface area contributed by atoms with Crippen molar-refractivity contribution >= 4 is 28.4 Å². The average molecular weight is 352 g/mol. The van der Waals surface area contributed by atoms with Gasteiger partial charge in [-0.1, -0.05) is 0 Å². The van der Waals surface area contributed by atoms with E-state index < -0.39 is 16.9 Å². The minimum absolute atomic E-state index is 0.00537. The fraction of sp³-hybridized carbons (Fsp3) is 0.0526. The molecule has 0 spiro atoms. The lowest BCUT2D eigenvalue weighted by molar-refractivity contribution is -0.113. The average Bonchev–Trinajstić information content (AvgIpc) is 2.59. The zero-order valence-electron chi connectivity index (χ0n) is 13.2. The first-order chi connectivity index (χ1) is 12.3. The van der Waals surface area contributed by atoms with Gasteiger partial charge in [0.25, 0.3) is 0 Å². The summed E-state index contributed by atoms with van der Waals surface area (Å²) in [4.78, 5) is 25.2. The van der Waals surface area contributed by atoms with E-state index in [1.54, 1.807) is 0 Å². The van der Waals surface area contributed by atoms with Crippen molar-refractivity contribution < 1.29 is 29.6 Å². The standard InChI is InChI=1S/C19H12O7/c20-13-2-9-4-15(22)14(21)3-8(9)1-10(13)12-7-26-18-6-17(24)16(23)5-11(18)19(12)25/h1,3-7,21-24H,2H2. The summed E-state index contributed by atoms with van der Waals surface area (Å²) in [5.74, 6) is -1.91. The molecule has 0 saturated heterocycles. The number of allylic oxidation sites excluding steroid dienone is 1. The summed E-state index contributed by atoms with van der Waals surface area (Å²) < 4.78 is 5.34. The molecule has 0 fully saturated rings.